The van der Waals surface area contributed by atoms with E-state index in [4.69, 9.17) is 14.2 Å². The van der Waals surface area contributed by atoms with Crippen LogP contribution in [0.1, 0.15) is 24.4 Å². The van der Waals surface area contributed by atoms with Gasteiger partial charge in [-0.3, -0.25) is 9.89 Å². The van der Waals surface area contributed by atoms with Crippen LogP contribution in [-0.4, -0.2) is 58.9 Å². The zero-order valence-electron chi connectivity index (χ0n) is 18.7. The number of nitrogens with one attached hydrogen (secondary N) is 2. The van der Waals surface area contributed by atoms with Crippen molar-refractivity contribution >= 4 is 35.6 Å². The lowest BCUT2D eigenvalue weighted by Crippen LogP contribution is -2.39. The summed E-state index contributed by atoms with van der Waals surface area (Å²) in [6.45, 7) is 2.89. The van der Waals surface area contributed by atoms with E-state index in [1.54, 1.807) is 28.4 Å². The van der Waals surface area contributed by atoms with Gasteiger partial charge in [0.15, 0.2) is 17.5 Å². The van der Waals surface area contributed by atoms with Gasteiger partial charge in [0.1, 0.15) is 5.75 Å². The van der Waals surface area contributed by atoms with E-state index >= 15 is 0 Å². The molecule has 7 nitrogen and oxygen atoms in total. The number of guanidine groups is 1. The van der Waals surface area contributed by atoms with Crippen molar-refractivity contribution in [2.45, 2.75) is 18.9 Å². The summed E-state index contributed by atoms with van der Waals surface area (Å²) < 4.78 is 16.3. The summed E-state index contributed by atoms with van der Waals surface area (Å²) in [5.41, 5.74) is 2.06. The maximum absolute atomic E-state index is 5.64. The Hall–Kier alpha value is -2.20. The fraction of sp³-hybridized carbons (Fsp3) is 0.435. The van der Waals surface area contributed by atoms with Gasteiger partial charge >= 0.3 is 0 Å². The van der Waals surface area contributed by atoms with Crippen molar-refractivity contribution in [3.05, 3.63) is 48.0 Å². The van der Waals surface area contributed by atoms with E-state index in [-0.39, 0.29) is 30.0 Å². The summed E-state index contributed by atoms with van der Waals surface area (Å²) in [6, 6.07) is 14.1. The van der Waals surface area contributed by atoms with E-state index in [2.05, 4.69) is 32.7 Å². The standard InChI is InChI=1S/C23H32N4O3.HI/c1-24-23(26-17-11-12-21(29-3)22(15-17)30-4)25-16-19(27-13-7-8-14-27)18-9-5-6-10-20(18)28-2;/h5-6,9-12,15,19H,7-8,13-14,16H2,1-4H3,(H2,24,25,26);1H. The predicted octanol–water partition coefficient (Wildman–Crippen LogP) is 4.15. The molecule has 170 valence electrons. The van der Waals surface area contributed by atoms with Gasteiger partial charge in [0.2, 0.25) is 0 Å². The van der Waals surface area contributed by atoms with E-state index in [9.17, 15) is 0 Å². The number of para-hydroxylation sites is 1. The Kier molecular flexibility index (Phi) is 10.2. The average Bonchev–Trinajstić information content (AvgIpc) is 3.33. The number of nitrogens with zero attached hydrogens (tertiary/aromatic N) is 2. The highest BCUT2D eigenvalue weighted by Gasteiger charge is 2.26. The molecule has 1 heterocycles. The van der Waals surface area contributed by atoms with E-state index in [1.807, 2.05) is 30.3 Å². The average molecular weight is 540 g/mol. The van der Waals surface area contributed by atoms with Gasteiger partial charge in [-0.15, -0.1) is 24.0 Å². The number of hydrogen-bond acceptors (Lipinski definition) is 5. The number of benzene rings is 2. The second-order valence-electron chi connectivity index (χ2n) is 7.15. The first-order chi connectivity index (χ1) is 14.7. The molecule has 0 radical (unpaired) electrons. The largest absolute Gasteiger partial charge is 0.496 e. The zero-order chi connectivity index (χ0) is 21.3. The number of methoxy groups -OCH3 is 3. The van der Waals surface area contributed by atoms with Gasteiger partial charge in [-0.2, -0.15) is 0 Å². The second kappa shape index (κ2) is 12.6. The molecule has 0 saturated carbocycles. The number of aliphatic imine (C=N–C) groups is 1. The number of hydrogen-bond donors (Lipinski definition) is 2. The van der Waals surface area contributed by atoms with E-state index in [0.717, 1.165) is 24.5 Å². The molecule has 0 aromatic heterocycles. The molecule has 0 amide bonds. The van der Waals surface area contributed by atoms with Crippen molar-refractivity contribution in [3.8, 4) is 17.2 Å². The third-order valence-corrected chi connectivity index (χ3v) is 5.41. The molecular weight excluding hydrogens is 507 g/mol. The molecule has 2 N–H and O–H groups in total. The third kappa shape index (κ3) is 6.39. The van der Waals surface area contributed by atoms with Crippen LogP contribution in [0, 0.1) is 0 Å². The Balaban J connectivity index is 0.00000341. The van der Waals surface area contributed by atoms with Gasteiger partial charge in [0.25, 0.3) is 0 Å². The summed E-state index contributed by atoms with van der Waals surface area (Å²) in [6.07, 6.45) is 2.45. The molecular formula is C23H33IN4O3. The molecule has 2 aromatic carbocycles. The van der Waals surface area contributed by atoms with Gasteiger partial charge in [-0.05, 0) is 44.1 Å². The summed E-state index contributed by atoms with van der Waals surface area (Å²) in [5, 5.41) is 6.81. The SMILES string of the molecule is CN=C(NCC(c1ccccc1OC)N1CCCC1)Nc1ccc(OC)c(OC)c1.I. The first-order valence-electron chi connectivity index (χ1n) is 10.3. The molecule has 31 heavy (non-hydrogen) atoms. The van der Waals surface area contributed by atoms with Crippen molar-refractivity contribution in [2.75, 3.05) is 53.3 Å². The number of ether oxygens (including phenoxy) is 3. The molecule has 0 spiro atoms. The first kappa shape index (κ1) is 25.1. The molecule has 8 heteroatoms. The molecule has 1 aliphatic rings. The Bertz CT molecular complexity index is 856. The van der Waals surface area contributed by atoms with Crippen LogP contribution in [0.25, 0.3) is 0 Å². The van der Waals surface area contributed by atoms with Gasteiger partial charge in [0.05, 0.1) is 27.4 Å². The van der Waals surface area contributed by atoms with E-state index in [0.29, 0.717) is 24.0 Å². The van der Waals surface area contributed by atoms with Crippen LogP contribution in [0.4, 0.5) is 5.69 Å². The summed E-state index contributed by atoms with van der Waals surface area (Å²) in [5.74, 6) is 2.97. The Morgan fingerprint density at radius 2 is 1.65 bits per heavy atom. The van der Waals surface area contributed by atoms with Crippen LogP contribution >= 0.6 is 24.0 Å². The number of anilines is 1. The van der Waals surface area contributed by atoms with Gasteiger partial charge in [-0.1, -0.05) is 18.2 Å². The smallest absolute Gasteiger partial charge is 0.195 e. The minimum absolute atomic E-state index is 0. The molecule has 0 aliphatic carbocycles. The molecule has 0 bridgehead atoms. The molecule has 1 unspecified atom stereocenters. The van der Waals surface area contributed by atoms with E-state index in [1.165, 1.54) is 18.4 Å². The molecule has 1 atom stereocenters. The minimum atomic E-state index is 0. The van der Waals surface area contributed by atoms with E-state index < -0.39 is 0 Å². The highest BCUT2D eigenvalue weighted by atomic mass is 127. The van der Waals surface area contributed by atoms with Crippen molar-refractivity contribution in [1.82, 2.24) is 10.2 Å². The predicted molar refractivity (Wildman–Crippen MR) is 136 cm³/mol. The highest BCUT2D eigenvalue weighted by molar-refractivity contribution is 14.0. The number of likely N-dealkylation sites (tertiary alicyclic amines) is 1. The van der Waals surface area contributed by atoms with Crippen LogP contribution in [0.15, 0.2) is 47.5 Å². The molecule has 3 rings (SSSR count). The summed E-state index contributed by atoms with van der Waals surface area (Å²) in [7, 11) is 6.75. The first-order valence-corrected chi connectivity index (χ1v) is 10.3. The lowest BCUT2D eigenvalue weighted by Gasteiger charge is -2.30. The third-order valence-electron chi connectivity index (χ3n) is 5.41. The summed E-state index contributed by atoms with van der Waals surface area (Å²) >= 11 is 0. The van der Waals surface area contributed by atoms with Crippen LogP contribution in [0.3, 0.4) is 0 Å². The van der Waals surface area contributed by atoms with Crippen molar-refractivity contribution < 1.29 is 14.2 Å². The lowest BCUT2D eigenvalue weighted by molar-refractivity contribution is 0.240. The number of rotatable bonds is 8. The molecule has 1 fully saturated rings. The molecule has 1 aliphatic heterocycles. The Morgan fingerprint density at radius 3 is 2.29 bits per heavy atom. The topological polar surface area (TPSA) is 67.4 Å². The molecule has 2 aromatic rings. The normalized spacial score (nSPS) is 15.0. The fourth-order valence-electron chi connectivity index (χ4n) is 3.85. The number of halogens is 1. The van der Waals surface area contributed by atoms with Crippen LogP contribution < -0.4 is 24.8 Å². The fourth-order valence-corrected chi connectivity index (χ4v) is 3.85. The maximum Gasteiger partial charge on any atom is 0.195 e. The Labute approximate surface area is 202 Å². The minimum Gasteiger partial charge on any atom is -0.496 e. The highest BCUT2D eigenvalue weighted by Crippen LogP contribution is 2.32. The Morgan fingerprint density at radius 1 is 0.968 bits per heavy atom. The van der Waals surface area contributed by atoms with Crippen molar-refractivity contribution in [1.29, 1.82) is 0 Å². The quantitative estimate of drug-likeness (QED) is 0.298. The van der Waals surface area contributed by atoms with Crippen molar-refractivity contribution in [3.63, 3.8) is 0 Å². The van der Waals surface area contributed by atoms with Crippen molar-refractivity contribution in [2.24, 2.45) is 4.99 Å². The second-order valence-corrected chi connectivity index (χ2v) is 7.15. The van der Waals surface area contributed by atoms with Crippen LogP contribution in [-0.2, 0) is 0 Å². The summed E-state index contributed by atoms with van der Waals surface area (Å²) in [4.78, 5) is 6.90. The molecule has 1 saturated heterocycles. The van der Waals surface area contributed by atoms with Gasteiger partial charge in [0, 0.05) is 30.9 Å². The lowest BCUT2D eigenvalue weighted by atomic mass is 10.0. The zero-order valence-corrected chi connectivity index (χ0v) is 21.0. The maximum atomic E-state index is 5.64. The van der Waals surface area contributed by atoms with Crippen LogP contribution in [0.2, 0.25) is 0 Å². The monoisotopic (exact) mass is 540 g/mol. The van der Waals surface area contributed by atoms with Gasteiger partial charge in [-0.25, -0.2) is 0 Å². The van der Waals surface area contributed by atoms with Gasteiger partial charge < -0.3 is 24.8 Å². The van der Waals surface area contributed by atoms with Crippen LogP contribution in [0.5, 0.6) is 17.2 Å².